The zero-order valence-electron chi connectivity index (χ0n) is 11.7. The van der Waals surface area contributed by atoms with E-state index in [4.69, 9.17) is 0 Å². The average molecular weight is 337 g/mol. The second-order valence-corrected chi connectivity index (χ2v) is 5.75. The Morgan fingerprint density at radius 1 is 1.43 bits per heavy atom. The number of carbonyl (C=O) groups excluding carboxylic acids is 1. The second-order valence-electron chi connectivity index (χ2n) is 4.88. The van der Waals surface area contributed by atoms with Crippen LogP contribution in [0.2, 0.25) is 0 Å². The lowest BCUT2D eigenvalue weighted by atomic mass is 9.86. The Kier molecular flexibility index (Phi) is 7.42. The number of thioether (sulfide) groups is 1. The highest BCUT2D eigenvalue weighted by Crippen LogP contribution is 2.27. The minimum Gasteiger partial charge on any atom is -0.351 e. The number of nitrogens with one attached hydrogen (secondary N) is 2. The van der Waals surface area contributed by atoms with Crippen molar-refractivity contribution in [3.05, 3.63) is 35.4 Å². The molecule has 1 heterocycles. The summed E-state index contributed by atoms with van der Waals surface area (Å²) in [5.41, 5.74) is 0.736. The minimum absolute atomic E-state index is 0. The van der Waals surface area contributed by atoms with E-state index in [9.17, 15) is 13.6 Å². The van der Waals surface area contributed by atoms with Gasteiger partial charge in [0.2, 0.25) is 5.91 Å². The highest BCUT2D eigenvalue weighted by atomic mass is 35.5. The Morgan fingerprint density at radius 3 is 2.86 bits per heavy atom. The molecule has 0 aromatic heterocycles. The molecule has 0 saturated carbocycles. The van der Waals surface area contributed by atoms with E-state index in [1.807, 2.05) is 6.26 Å². The van der Waals surface area contributed by atoms with Crippen molar-refractivity contribution in [1.82, 2.24) is 10.6 Å². The van der Waals surface area contributed by atoms with Gasteiger partial charge in [-0.2, -0.15) is 11.8 Å². The summed E-state index contributed by atoms with van der Waals surface area (Å²) in [5, 5.41) is 6.18. The summed E-state index contributed by atoms with van der Waals surface area (Å²) in [4.78, 5) is 11.7. The molecule has 0 radical (unpaired) electrons. The number of carbonyl (C=O) groups is 1. The Morgan fingerprint density at radius 2 is 2.19 bits per heavy atom. The summed E-state index contributed by atoms with van der Waals surface area (Å²) in [6.45, 7) is 1.45. The van der Waals surface area contributed by atoms with E-state index in [1.54, 1.807) is 6.07 Å². The van der Waals surface area contributed by atoms with Gasteiger partial charge in [-0.3, -0.25) is 4.79 Å². The number of amides is 1. The van der Waals surface area contributed by atoms with Crippen LogP contribution in [0.3, 0.4) is 0 Å². The van der Waals surface area contributed by atoms with Gasteiger partial charge in [0.25, 0.3) is 0 Å². The summed E-state index contributed by atoms with van der Waals surface area (Å²) in [6, 6.07) is 3.89. The van der Waals surface area contributed by atoms with E-state index in [-0.39, 0.29) is 30.3 Å². The van der Waals surface area contributed by atoms with Crippen LogP contribution in [0.5, 0.6) is 0 Å². The molecule has 1 saturated heterocycles. The number of hydrogen-bond donors (Lipinski definition) is 2. The monoisotopic (exact) mass is 336 g/mol. The number of piperidine rings is 1. The third-order valence-corrected chi connectivity index (χ3v) is 4.03. The van der Waals surface area contributed by atoms with E-state index in [1.165, 1.54) is 17.8 Å². The predicted octanol–water partition coefficient (Wildman–Crippen LogP) is 2.31. The van der Waals surface area contributed by atoms with E-state index in [2.05, 4.69) is 10.6 Å². The first-order valence-electron chi connectivity index (χ1n) is 6.55. The molecule has 118 valence electrons. The molecule has 1 amide bonds. The highest BCUT2D eigenvalue weighted by Gasteiger charge is 2.28. The number of hydrogen-bond acceptors (Lipinski definition) is 3. The molecule has 1 aliphatic heterocycles. The molecule has 1 fully saturated rings. The molecule has 21 heavy (non-hydrogen) atoms. The molecule has 1 aliphatic rings. The molecule has 7 heteroatoms. The maximum Gasteiger partial charge on any atom is 0.230 e. The summed E-state index contributed by atoms with van der Waals surface area (Å²) < 4.78 is 26.4. The van der Waals surface area contributed by atoms with Crippen LogP contribution in [-0.4, -0.2) is 37.0 Å². The van der Waals surface area contributed by atoms with Crippen molar-refractivity contribution in [3.8, 4) is 0 Å². The fraction of sp³-hybridized carbons (Fsp3) is 0.500. The molecular weight excluding hydrogens is 318 g/mol. The summed E-state index contributed by atoms with van der Waals surface area (Å²) in [5.74, 6) is -1.29. The molecule has 1 aromatic rings. The topological polar surface area (TPSA) is 41.1 Å². The SMILES string of the molecule is CSCC(=O)NC1CNCCC1c1ccc(F)c(F)c1.Cl. The van der Waals surface area contributed by atoms with Gasteiger partial charge in [-0.1, -0.05) is 6.07 Å². The van der Waals surface area contributed by atoms with Crippen molar-refractivity contribution in [2.24, 2.45) is 0 Å². The van der Waals surface area contributed by atoms with Crippen LogP contribution in [0, 0.1) is 11.6 Å². The largest absolute Gasteiger partial charge is 0.351 e. The summed E-state index contributed by atoms with van der Waals surface area (Å²) >= 11 is 1.46. The number of rotatable bonds is 4. The standard InChI is InChI=1S/C14H18F2N2OS.ClH/c1-20-8-14(19)18-13-7-17-5-4-10(13)9-2-3-11(15)12(16)6-9;/h2-3,6,10,13,17H,4-5,7-8H2,1H3,(H,18,19);1H. The van der Waals surface area contributed by atoms with Crippen LogP contribution >= 0.6 is 24.2 Å². The number of benzene rings is 1. The molecule has 3 nitrogen and oxygen atoms in total. The first kappa shape index (κ1) is 18.2. The fourth-order valence-corrected chi connectivity index (χ4v) is 2.88. The van der Waals surface area contributed by atoms with Gasteiger partial charge in [-0.15, -0.1) is 12.4 Å². The average Bonchev–Trinajstić information content (AvgIpc) is 2.43. The first-order chi connectivity index (χ1) is 9.61. The lowest BCUT2D eigenvalue weighted by Crippen LogP contribution is -2.50. The normalized spacial score (nSPS) is 21.5. The third kappa shape index (κ3) is 4.83. The van der Waals surface area contributed by atoms with Crippen LogP contribution in [-0.2, 0) is 4.79 Å². The molecule has 1 aromatic carbocycles. The van der Waals surface area contributed by atoms with E-state index < -0.39 is 11.6 Å². The lowest BCUT2D eigenvalue weighted by Gasteiger charge is -2.33. The third-order valence-electron chi connectivity index (χ3n) is 3.48. The smallest absolute Gasteiger partial charge is 0.230 e. The second kappa shape index (κ2) is 8.56. The molecule has 0 bridgehead atoms. The van der Waals surface area contributed by atoms with Gasteiger partial charge in [0.15, 0.2) is 11.6 Å². The molecule has 2 atom stereocenters. The maximum absolute atomic E-state index is 13.4. The molecule has 0 aliphatic carbocycles. The fourth-order valence-electron chi connectivity index (χ4n) is 2.53. The summed E-state index contributed by atoms with van der Waals surface area (Å²) in [7, 11) is 0. The molecular formula is C14H19ClF2N2OS. The van der Waals surface area contributed by atoms with Crippen LogP contribution in [0.4, 0.5) is 8.78 Å². The van der Waals surface area contributed by atoms with E-state index in [0.29, 0.717) is 12.3 Å². The highest BCUT2D eigenvalue weighted by molar-refractivity contribution is 7.99. The Labute approximate surface area is 133 Å². The molecule has 2 unspecified atom stereocenters. The lowest BCUT2D eigenvalue weighted by molar-refractivity contribution is -0.119. The van der Waals surface area contributed by atoms with E-state index >= 15 is 0 Å². The van der Waals surface area contributed by atoms with E-state index in [0.717, 1.165) is 24.6 Å². The van der Waals surface area contributed by atoms with Gasteiger partial charge < -0.3 is 10.6 Å². The Balaban J connectivity index is 0.00000220. The van der Waals surface area contributed by atoms with Crippen molar-refractivity contribution in [1.29, 1.82) is 0 Å². The van der Waals surface area contributed by atoms with Gasteiger partial charge in [0, 0.05) is 18.5 Å². The van der Waals surface area contributed by atoms with Gasteiger partial charge in [0.1, 0.15) is 0 Å². The molecule has 2 rings (SSSR count). The van der Waals surface area contributed by atoms with Gasteiger partial charge in [-0.25, -0.2) is 8.78 Å². The minimum atomic E-state index is -0.842. The van der Waals surface area contributed by atoms with Gasteiger partial charge >= 0.3 is 0 Å². The Hall–Kier alpha value is -0.850. The van der Waals surface area contributed by atoms with Crippen LogP contribution in [0.15, 0.2) is 18.2 Å². The quantitative estimate of drug-likeness (QED) is 0.886. The zero-order chi connectivity index (χ0) is 14.5. The predicted molar refractivity (Wildman–Crippen MR) is 84.1 cm³/mol. The van der Waals surface area contributed by atoms with Crippen molar-refractivity contribution < 1.29 is 13.6 Å². The summed E-state index contributed by atoms with van der Waals surface area (Å²) in [6.07, 6.45) is 2.65. The van der Waals surface area contributed by atoms with Gasteiger partial charge in [-0.05, 0) is 36.9 Å². The van der Waals surface area contributed by atoms with Crippen molar-refractivity contribution in [3.63, 3.8) is 0 Å². The Bertz CT molecular complexity index is 490. The van der Waals surface area contributed by atoms with Crippen LogP contribution in [0.25, 0.3) is 0 Å². The van der Waals surface area contributed by atoms with Crippen molar-refractivity contribution >= 4 is 30.1 Å². The zero-order valence-corrected chi connectivity index (χ0v) is 13.3. The maximum atomic E-state index is 13.4. The molecule has 2 N–H and O–H groups in total. The van der Waals surface area contributed by atoms with Crippen LogP contribution < -0.4 is 10.6 Å². The van der Waals surface area contributed by atoms with Crippen molar-refractivity contribution in [2.45, 2.75) is 18.4 Å². The molecule has 0 spiro atoms. The van der Waals surface area contributed by atoms with Gasteiger partial charge in [0.05, 0.1) is 5.75 Å². The number of halogens is 3. The van der Waals surface area contributed by atoms with Crippen molar-refractivity contribution in [2.75, 3.05) is 25.1 Å². The first-order valence-corrected chi connectivity index (χ1v) is 7.95. The van der Waals surface area contributed by atoms with Crippen LogP contribution in [0.1, 0.15) is 17.9 Å².